The van der Waals surface area contributed by atoms with E-state index in [0.717, 1.165) is 55.0 Å². The average Bonchev–Trinajstić information content (AvgIpc) is 3.38. The molecule has 166 valence electrons. The Morgan fingerprint density at radius 1 is 1.20 bits per heavy atom. The Bertz CT molecular complexity index is 846. The van der Waals surface area contributed by atoms with Crippen molar-refractivity contribution in [3.05, 3.63) is 12.0 Å². The number of fused-ring (bicyclic) bond motifs is 1. The first-order chi connectivity index (χ1) is 14.5. The topological polar surface area (TPSA) is 106 Å². The number of aromatic nitrogens is 4. The summed E-state index contributed by atoms with van der Waals surface area (Å²) in [6.07, 6.45) is 7.66. The minimum atomic E-state index is -1.59. The van der Waals surface area contributed by atoms with Crippen LogP contribution in [0.25, 0.3) is 11.0 Å². The third kappa shape index (κ3) is 5.09. The van der Waals surface area contributed by atoms with Gasteiger partial charge in [-0.1, -0.05) is 6.92 Å². The molecule has 4 unspecified atom stereocenters. The zero-order chi connectivity index (χ0) is 21.1. The fraction of sp³-hybridized carbons (Fsp3) is 0.737. The number of ether oxygens (including phenoxy) is 1. The molecule has 0 bridgehead atoms. The number of nitrogens with zero attached hydrogens (tertiary/aromatic N) is 5. The largest absolute Gasteiger partial charge is 0.374 e. The van der Waals surface area contributed by atoms with Gasteiger partial charge in [0.25, 0.3) is 0 Å². The van der Waals surface area contributed by atoms with Crippen LogP contribution in [0.3, 0.4) is 0 Å². The predicted octanol–water partition coefficient (Wildman–Crippen LogP) is 3.35. The smallest absolute Gasteiger partial charge is 0.174 e. The van der Waals surface area contributed by atoms with Gasteiger partial charge in [-0.3, -0.25) is 0 Å². The Morgan fingerprint density at radius 2 is 2.00 bits per heavy atom. The first-order valence-electron chi connectivity index (χ1n) is 10.7. The Kier molecular flexibility index (Phi) is 7.50. The van der Waals surface area contributed by atoms with Gasteiger partial charge in [0.15, 0.2) is 20.3 Å². The highest BCUT2D eigenvalue weighted by Gasteiger charge is 2.30. The summed E-state index contributed by atoms with van der Waals surface area (Å²) in [4.78, 5) is 31.3. The lowest BCUT2D eigenvalue weighted by atomic mass is 10.1. The van der Waals surface area contributed by atoms with Gasteiger partial charge in [-0.25, -0.2) is 14.6 Å². The van der Waals surface area contributed by atoms with Crippen molar-refractivity contribution in [1.29, 1.82) is 0 Å². The van der Waals surface area contributed by atoms with Crippen molar-refractivity contribution in [1.82, 2.24) is 19.7 Å². The molecule has 11 heteroatoms. The van der Waals surface area contributed by atoms with Gasteiger partial charge < -0.3 is 23.9 Å². The summed E-state index contributed by atoms with van der Waals surface area (Å²) in [7, 11) is -2.75. The van der Waals surface area contributed by atoms with Crippen LogP contribution in [0.5, 0.6) is 0 Å². The normalized spacial score (nSPS) is 24.5. The Balaban J connectivity index is 1.49. The van der Waals surface area contributed by atoms with Gasteiger partial charge in [-0.2, -0.15) is 5.10 Å². The molecule has 0 aromatic carbocycles. The van der Waals surface area contributed by atoms with Crippen LogP contribution in [0.1, 0.15) is 51.1 Å². The molecule has 4 rings (SSSR count). The van der Waals surface area contributed by atoms with Crippen molar-refractivity contribution in [3.63, 3.8) is 0 Å². The van der Waals surface area contributed by atoms with Crippen LogP contribution in [0.15, 0.2) is 6.20 Å². The van der Waals surface area contributed by atoms with Gasteiger partial charge >= 0.3 is 0 Å². The lowest BCUT2D eigenvalue weighted by Gasteiger charge is -2.28. The summed E-state index contributed by atoms with van der Waals surface area (Å²) in [5, 5.41) is 5.61. The van der Waals surface area contributed by atoms with Gasteiger partial charge in [0.05, 0.1) is 30.2 Å². The molecular weight excluding hydrogens is 424 g/mol. The number of hydrogen-bond acceptors (Lipinski definition) is 8. The number of aryl methyl sites for hydroxylation is 1. The van der Waals surface area contributed by atoms with E-state index < -0.39 is 16.5 Å². The standard InChI is InChI=1S/C19H31N5O4P2/c1-3-16-21-18(23-9-5-4-6-10-23)15-11-20-24(19(15)22-16)17-8-7-14(28-17)12-27-30(26)13-29(2)25/h11,14,17,25-26H,3-10,12-13H2,1-2H3. The van der Waals surface area contributed by atoms with E-state index in [9.17, 15) is 9.79 Å². The monoisotopic (exact) mass is 455 g/mol. The first-order valence-corrected chi connectivity index (χ1v) is 14.0. The van der Waals surface area contributed by atoms with Gasteiger partial charge in [0.1, 0.15) is 11.6 Å². The quantitative estimate of drug-likeness (QED) is 0.584. The van der Waals surface area contributed by atoms with Crippen LogP contribution in [0.2, 0.25) is 0 Å². The van der Waals surface area contributed by atoms with Crippen molar-refractivity contribution < 1.29 is 19.0 Å². The van der Waals surface area contributed by atoms with Gasteiger partial charge in [0, 0.05) is 27.7 Å². The number of hydrogen-bond donors (Lipinski definition) is 2. The summed E-state index contributed by atoms with van der Waals surface area (Å²) >= 11 is 0. The van der Waals surface area contributed by atoms with Crippen molar-refractivity contribution in [2.45, 2.75) is 57.8 Å². The summed E-state index contributed by atoms with van der Waals surface area (Å²) in [6, 6.07) is 0. The summed E-state index contributed by atoms with van der Waals surface area (Å²) in [5.41, 5.74) is 0.829. The van der Waals surface area contributed by atoms with Crippen LogP contribution in [-0.4, -0.2) is 67.9 Å². The van der Waals surface area contributed by atoms with E-state index in [0.29, 0.717) is 12.5 Å². The van der Waals surface area contributed by atoms with Gasteiger partial charge in [-0.15, -0.1) is 0 Å². The highest BCUT2D eigenvalue weighted by atomic mass is 31.2. The molecule has 30 heavy (non-hydrogen) atoms. The van der Waals surface area contributed by atoms with Crippen LogP contribution < -0.4 is 4.90 Å². The van der Waals surface area contributed by atoms with E-state index in [2.05, 4.69) is 16.9 Å². The van der Waals surface area contributed by atoms with Crippen LogP contribution in [-0.2, 0) is 15.7 Å². The average molecular weight is 455 g/mol. The lowest BCUT2D eigenvalue weighted by molar-refractivity contribution is -0.0213. The molecule has 0 spiro atoms. The van der Waals surface area contributed by atoms with E-state index in [1.165, 1.54) is 19.3 Å². The molecule has 2 fully saturated rings. The van der Waals surface area contributed by atoms with Crippen LogP contribution in [0.4, 0.5) is 5.82 Å². The third-order valence-corrected chi connectivity index (χ3v) is 8.60. The molecule has 0 aliphatic carbocycles. The van der Waals surface area contributed by atoms with Gasteiger partial charge in [-0.05, 0) is 38.8 Å². The van der Waals surface area contributed by atoms with Gasteiger partial charge in [0.2, 0.25) is 0 Å². The minimum absolute atomic E-state index is 0.0952. The molecule has 2 saturated heterocycles. The minimum Gasteiger partial charge on any atom is -0.374 e. The molecule has 0 saturated carbocycles. The Hall–Kier alpha value is -0.950. The second-order valence-corrected chi connectivity index (χ2v) is 11.3. The van der Waals surface area contributed by atoms with E-state index in [1.54, 1.807) is 6.66 Å². The van der Waals surface area contributed by atoms with E-state index in [4.69, 9.17) is 19.2 Å². The maximum atomic E-state index is 9.89. The fourth-order valence-corrected chi connectivity index (χ4v) is 6.11. The molecule has 4 heterocycles. The van der Waals surface area contributed by atoms with Crippen LogP contribution >= 0.6 is 16.5 Å². The second kappa shape index (κ2) is 10.1. The summed E-state index contributed by atoms with van der Waals surface area (Å²) in [6.45, 7) is 6.16. The number of piperidine rings is 1. The molecule has 0 radical (unpaired) electrons. The van der Waals surface area contributed by atoms with Crippen molar-refractivity contribution in [3.8, 4) is 0 Å². The van der Waals surface area contributed by atoms with Crippen molar-refractivity contribution in [2.75, 3.05) is 37.2 Å². The molecular formula is C19H31N5O4P2. The van der Waals surface area contributed by atoms with E-state index in [-0.39, 0.29) is 12.3 Å². The molecule has 2 aliphatic rings. The Labute approximate surface area is 179 Å². The van der Waals surface area contributed by atoms with Crippen molar-refractivity contribution in [2.24, 2.45) is 0 Å². The fourth-order valence-electron chi connectivity index (χ4n) is 4.04. The maximum Gasteiger partial charge on any atom is 0.174 e. The lowest BCUT2D eigenvalue weighted by Crippen LogP contribution is -2.30. The highest BCUT2D eigenvalue weighted by Crippen LogP contribution is 2.44. The van der Waals surface area contributed by atoms with Crippen molar-refractivity contribution >= 4 is 33.4 Å². The van der Waals surface area contributed by atoms with Crippen LogP contribution in [0, 0.1) is 0 Å². The number of rotatable bonds is 8. The van der Waals surface area contributed by atoms with E-state index in [1.807, 2.05) is 10.9 Å². The third-order valence-electron chi connectivity index (χ3n) is 5.54. The first kappa shape index (κ1) is 22.3. The molecule has 9 nitrogen and oxygen atoms in total. The molecule has 2 aromatic rings. The van der Waals surface area contributed by atoms with E-state index >= 15 is 0 Å². The highest BCUT2D eigenvalue weighted by molar-refractivity contribution is 7.66. The molecule has 2 aromatic heterocycles. The zero-order valence-electron chi connectivity index (χ0n) is 17.6. The predicted molar refractivity (Wildman–Crippen MR) is 119 cm³/mol. The molecule has 4 atom stereocenters. The maximum absolute atomic E-state index is 9.89. The molecule has 2 aliphatic heterocycles. The SMILES string of the molecule is CCc1nc(N2CCCCC2)c2cnn(C3CCC(COP(O)CP(C)O)O3)c2n1. The molecule has 0 amide bonds. The second-order valence-electron chi connectivity index (χ2n) is 7.93. The number of anilines is 1. The molecule has 2 N–H and O–H groups in total. The summed E-state index contributed by atoms with van der Waals surface area (Å²) < 4.78 is 13.6. The summed E-state index contributed by atoms with van der Waals surface area (Å²) in [5.74, 6) is 2.14. The Morgan fingerprint density at radius 3 is 2.73 bits per heavy atom. The zero-order valence-corrected chi connectivity index (χ0v) is 19.4.